The Morgan fingerprint density at radius 1 is 0.909 bits per heavy atom. The van der Waals surface area contributed by atoms with Crippen molar-refractivity contribution >= 4 is 5.43 Å². The molecule has 174 valence electrons. The first kappa shape index (κ1) is 31.0. The number of phenols is 2. The maximum atomic E-state index is 12.0. The van der Waals surface area contributed by atoms with Gasteiger partial charge in [-0.25, -0.2) is 32.1 Å². The summed E-state index contributed by atoms with van der Waals surface area (Å²) in [6, 6.07) is 10.0. The van der Waals surface area contributed by atoms with Crippen molar-refractivity contribution in [3.05, 3.63) is 108 Å². The first-order valence-corrected chi connectivity index (χ1v) is 16.6. The molecule has 0 spiro atoms. The minimum Gasteiger partial charge on any atom is -0.508 e. The van der Waals surface area contributed by atoms with E-state index < -0.39 is 0 Å². The second-order valence-corrected chi connectivity index (χ2v) is 16.7. The molecule has 2 aliphatic carbocycles. The summed E-state index contributed by atoms with van der Waals surface area (Å²) in [5.41, 5.74) is 2.91. The molecule has 33 heavy (non-hydrogen) atoms. The molecule has 0 fully saturated rings. The molecule has 0 aromatic heterocycles. The molecule has 4 rings (SSSR count). The van der Waals surface area contributed by atoms with Crippen LogP contribution < -0.4 is 0 Å². The smallest absolute Gasteiger partial charge is 0.123 e. The standard InChI is InChI=1S/C8H11.2C6H5FO.C5H5.C2H6Si.Zr/c1-6-4-7(2)8(3)5-6;2*7-5-1-3-6(8)4-2-5;1-2-4-5-3-1;1-3-2;/h4,6H,1-3H3;2*1-4,8H;1-3H,4H2;1-2H3;/q-1;;;-1;;+2. The van der Waals surface area contributed by atoms with Crippen molar-refractivity contribution in [2.24, 2.45) is 5.92 Å². The number of halogens is 2. The number of allylic oxidation sites excluding steroid dienone is 8. The van der Waals surface area contributed by atoms with Crippen molar-refractivity contribution in [2.75, 3.05) is 0 Å². The first-order valence-electron chi connectivity index (χ1n) is 10.4. The molecule has 6 heteroatoms. The van der Waals surface area contributed by atoms with Crippen LogP contribution >= 0.6 is 0 Å². The molecule has 1 atom stereocenters. The minimum absolute atomic E-state index is 0.0893. The van der Waals surface area contributed by atoms with E-state index in [1.807, 2.05) is 12.2 Å². The molecule has 2 aromatic rings. The molecule has 1 unspecified atom stereocenters. The Bertz CT molecular complexity index is 830. The number of hydrogen-bond donors (Lipinski definition) is 2. The van der Waals surface area contributed by atoms with Crippen LogP contribution in [0.15, 0.2) is 84.0 Å². The van der Waals surface area contributed by atoms with Gasteiger partial charge < -0.3 is 10.2 Å². The van der Waals surface area contributed by atoms with Gasteiger partial charge in [-0.2, -0.15) is 12.2 Å². The van der Waals surface area contributed by atoms with Gasteiger partial charge >= 0.3 is 41.9 Å². The summed E-state index contributed by atoms with van der Waals surface area (Å²) in [4.78, 5) is 0. The quantitative estimate of drug-likeness (QED) is 0.266. The van der Waals surface area contributed by atoms with Gasteiger partial charge in [-0.3, -0.25) is 12.2 Å². The van der Waals surface area contributed by atoms with Crippen LogP contribution in [0, 0.1) is 29.7 Å². The van der Waals surface area contributed by atoms with Gasteiger partial charge in [0.25, 0.3) is 0 Å². The number of aromatic hydroxyl groups is 2. The van der Waals surface area contributed by atoms with Crippen LogP contribution in [0.25, 0.3) is 0 Å². The van der Waals surface area contributed by atoms with Crippen LogP contribution in [0.1, 0.15) is 27.2 Å². The molecule has 2 aromatic carbocycles. The van der Waals surface area contributed by atoms with E-state index in [0.29, 0.717) is 5.92 Å². The van der Waals surface area contributed by atoms with E-state index in [-0.39, 0.29) is 28.6 Å². The zero-order valence-corrected chi connectivity index (χ0v) is 23.3. The summed E-state index contributed by atoms with van der Waals surface area (Å²) >= 11 is 1.74. The summed E-state index contributed by atoms with van der Waals surface area (Å²) in [5.74, 6) is 0.0680. The number of phenolic OH excluding ortho intramolecular Hbond substituents is 2. The summed E-state index contributed by atoms with van der Waals surface area (Å²) in [7, 11) is 0. The van der Waals surface area contributed by atoms with Gasteiger partial charge in [0.2, 0.25) is 0 Å². The fourth-order valence-corrected chi connectivity index (χ4v) is 2.22. The maximum Gasteiger partial charge on any atom is 0.123 e. The Labute approximate surface area is 212 Å². The largest absolute Gasteiger partial charge is 0.508 e. The van der Waals surface area contributed by atoms with E-state index in [1.165, 1.54) is 59.7 Å². The normalized spacial score (nSPS) is 14.6. The number of benzene rings is 2. The van der Waals surface area contributed by atoms with Gasteiger partial charge in [0.15, 0.2) is 0 Å². The van der Waals surface area contributed by atoms with E-state index in [4.69, 9.17) is 10.2 Å². The zero-order chi connectivity index (χ0) is 25.2. The maximum absolute atomic E-state index is 12.0. The summed E-state index contributed by atoms with van der Waals surface area (Å²) in [5, 5.41) is 17.2. The van der Waals surface area contributed by atoms with Crippen molar-refractivity contribution < 1.29 is 42.3 Å². The molecule has 0 heterocycles. The molecule has 0 amide bonds. The van der Waals surface area contributed by atoms with Crippen LogP contribution in [0.3, 0.4) is 0 Å². The van der Waals surface area contributed by atoms with Crippen LogP contribution in [-0.2, 0) is 23.3 Å². The third kappa shape index (κ3) is 19.2. The molecule has 2 N–H and O–H groups in total. The average Bonchev–Trinajstić information content (AvgIpc) is 3.41. The van der Waals surface area contributed by atoms with Crippen molar-refractivity contribution in [2.45, 2.75) is 40.3 Å². The topological polar surface area (TPSA) is 40.5 Å². The Balaban J connectivity index is 0.000000397. The van der Waals surface area contributed by atoms with Crippen LogP contribution in [0.5, 0.6) is 11.5 Å². The molecule has 0 bridgehead atoms. The van der Waals surface area contributed by atoms with E-state index in [9.17, 15) is 8.78 Å². The number of hydrogen-bond acceptors (Lipinski definition) is 2. The van der Waals surface area contributed by atoms with Gasteiger partial charge in [0, 0.05) is 0 Å². The van der Waals surface area contributed by atoms with Crippen molar-refractivity contribution in [1.82, 2.24) is 0 Å². The van der Waals surface area contributed by atoms with Gasteiger partial charge in [-0.15, -0.1) is 13.3 Å². The Hall–Kier alpha value is -2.04. The van der Waals surface area contributed by atoms with Gasteiger partial charge in [-0.05, 0) is 48.5 Å². The first-order chi connectivity index (χ1) is 15.5. The average molecular weight is 546 g/mol. The molecule has 0 radical (unpaired) electrons. The Kier molecular flexibility index (Phi) is 17.3. The zero-order valence-electron chi connectivity index (χ0n) is 19.9. The van der Waals surface area contributed by atoms with E-state index in [0.717, 1.165) is 6.42 Å². The Morgan fingerprint density at radius 3 is 1.48 bits per heavy atom. The van der Waals surface area contributed by atoms with Gasteiger partial charge in [0.1, 0.15) is 23.1 Å². The Morgan fingerprint density at radius 2 is 1.33 bits per heavy atom. The third-order valence-corrected chi connectivity index (χ3v) is 3.77. The molecule has 0 saturated heterocycles. The van der Waals surface area contributed by atoms with E-state index in [1.54, 1.807) is 23.3 Å². The van der Waals surface area contributed by atoms with Crippen molar-refractivity contribution in [3.8, 4) is 11.5 Å². The minimum atomic E-state index is -0.331. The monoisotopic (exact) mass is 544 g/mol. The van der Waals surface area contributed by atoms with E-state index in [2.05, 4.69) is 58.2 Å². The third-order valence-electron chi connectivity index (χ3n) is 3.77. The summed E-state index contributed by atoms with van der Waals surface area (Å²) < 4.78 is 24.0. The van der Waals surface area contributed by atoms with Gasteiger partial charge in [-0.1, -0.05) is 19.8 Å². The number of rotatable bonds is 0. The summed E-state index contributed by atoms with van der Waals surface area (Å²) in [6.07, 6.45) is 15.5. The van der Waals surface area contributed by atoms with Crippen molar-refractivity contribution in [1.29, 1.82) is 0 Å². The molecular weight excluding hydrogens is 514 g/mol. The molecule has 2 aliphatic rings. The predicted octanol–water partition coefficient (Wildman–Crippen LogP) is 7.48. The SMILES string of the molecule is CC1=[C-]C(C)C=C1C.C[Si](C)=[Zr+2].Oc1ccc(F)cc1.Oc1ccc(F)cc1.[C-]1=CC=CC1. The van der Waals surface area contributed by atoms with Crippen LogP contribution in [0.4, 0.5) is 8.78 Å². The molecular formula is C27H32F2O2SiZr. The molecule has 0 aliphatic heterocycles. The molecule has 2 nitrogen and oxygen atoms in total. The van der Waals surface area contributed by atoms with Crippen molar-refractivity contribution in [3.63, 3.8) is 0 Å². The van der Waals surface area contributed by atoms with Crippen LogP contribution in [0.2, 0.25) is 13.1 Å². The molecule has 0 saturated carbocycles. The van der Waals surface area contributed by atoms with Crippen LogP contribution in [-0.4, -0.2) is 15.6 Å². The predicted molar refractivity (Wildman–Crippen MR) is 131 cm³/mol. The summed E-state index contributed by atoms with van der Waals surface area (Å²) in [6.45, 7) is 11.0. The second-order valence-electron chi connectivity index (χ2n) is 7.36. The second kappa shape index (κ2) is 18.4. The van der Waals surface area contributed by atoms with E-state index >= 15 is 0 Å². The van der Waals surface area contributed by atoms with Gasteiger partial charge in [0.05, 0.1) is 0 Å². The fraction of sp³-hybridized carbons (Fsp3) is 0.259. The fourth-order valence-electron chi connectivity index (χ4n) is 2.22.